The molecule has 1 aliphatic rings. The zero-order valence-electron chi connectivity index (χ0n) is 19.3. The van der Waals surface area contributed by atoms with Gasteiger partial charge in [-0.2, -0.15) is 0 Å². The summed E-state index contributed by atoms with van der Waals surface area (Å²) in [4.78, 5) is 31.1. The van der Waals surface area contributed by atoms with Gasteiger partial charge < -0.3 is 19.5 Å². The van der Waals surface area contributed by atoms with Crippen molar-refractivity contribution in [3.05, 3.63) is 69.6 Å². The molecule has 0 radical (unpaired) electrons. The van der Waals surface area contributed by atoms with Crippen LogP contribution in [0.3, 0.4) is 0 Å². The Bertz CT molecular complexity index is 1230. The van der Waals surface area contributed by atoms with Crippen LogP contribution in [-0.2, 0) is 17.6 Å². The summed E-state index contributed by atoms with van der Waals surface area (Å²) in [7, 11) is 3.21. The maximum atomic E-state index is 13.3. The number of thiophene rings is 1. The molecule has 0 saturated heterocycles. The summed E-state index contributed by atoms with van der Waals surface area (Å²) in [5.74, 6) is 0.759. The molecule has 3 aromatic rings. The van der Waals surface area contributed by atoms with Gasteiger partial charge in [-0.1, -0.05) is 0 Å². The Hall–Kier alpha value is -3.65. The van der Waals surface area contributed by atoms with Crippen LogP contribution in [0.1, 0.15) is 50.1 Å². The lowest BCUT2D eigenvalue weighted by Crippen LogP contribution is -2.13. The Morgan fingerprint density at radius 2 is 1.88 bits per heavy atom. The number of ether oxygens (including phenoxy) is 3. The van der Waals surface area contributed by atoms with Gasteiger partial charge in [0.25, 0.3) is 5.91 Å². The number of amides is 1. The van der Waals surface area contributed by atoms with Gasteiger partial charge in [-0.05, 0) is 74.2 Å². The standard InChI is InChI=1S/C26H26N2O5S/c1-4-33-26(30)16-8-10-18(11-9-16)28-24(29)23-20-6-5-7-22(20)34-25(23)27-15-17-14-19(31-2)12-13-21(17)32-3/h8-15H,4-7H2,1-3H3,(H,28,29). The molecule has 0 spiro atoms. The van der Waals surface area contributed by atoms with E-state index in [1.165, 1.54) is 4.88 Å². The van der Waals surface area contributed by atoms with E-state index < -0.39 is 0 Å². The predicted molar refractivity (Wildman–Crippen MR) is 133 cm³/mol. The smallest absolute Gasteiger partial charge is 0.338 e. The number of hydrogen-bond donors (Lipinski definition) is 1. The van der Waals surface area contributed by atoms with Crippen molar-refractivity contribution in [2.45, 2.75) is 26.2 Å². The topological polar surface area (TPSA) is 86.2 Å². The number of carbonyl (C=O) groups is 2. The van der Waals surface area contributed by atoms with Crippen molar-refractivity contribution in [1.82, 2.24) is 0 Å². The van der Waals surface area contributed by atoms with Crippen molar-refractivity contribution in [2.75, 3.05) is 26.1 Å². The summed E-state index contributed by atoms with van der Waals surface area (Å²) < 4.78 is 15.8. The third kappa shape index (κ3) is 4.97. The summed E-state index contributed by atoms with van der Waals surface area (Å²) in [5, 5.41) is 3.61. The van der Waals surface area contributed by atoms with Gasteiger partial charge in [0.05, 0.1) is 32.0 Å². The molecule has 0 fully saturated rings. The monoisotopic (exact) mass is 478 g/mol. The lowest BCUT2D eigenvalue weighted by atomic mass is 10.1. The fourth-order valence-electron chi connectivity index (χ4n) is 3.88. The maximum absolute atomic E-state index is 13.3. The van der Waals surface area contributed by atoms with Crippen molar-refractivity contribution >= 4 is 40.1 Å². The molecule has 34 heavy (non-hydrogen) atoms. The number of fused-ring (bicyclic) bond motifs is 1. The SMILES string of the molecule is CCOC(=O)c1ccc(NC(=O)c2c(N=Cc3cc(OC)ccc3OC)sc3c2CCC3)cc1. The predicted octanol–water partition coefficient (Wildman–Crippen LogP) is 5.43. The zero-order valence-corrected chi connectivity index (χ0v) is 20.2. The van der Waals surface area contributed by atoms with Crippen molar-refractivity contribution in [2.24, 2.45) is 4.99 Å². The molecular weight excluding hydrogens is 452 g/mol. The first-order chi connectivity index (χ1) is 16.5. The van der Waals surface area contributed by atoms with Crippen molar-refractivity contribution in [3.8, 4) is 11.5 Å². The second-order valence-electron chi connectivity index (χ2n) is 7.66. The normalized spacial score (nSPS) is 12.4. The van der Waals surface area contributed by atoms with E-state index in [0.717, 1.165) is 30.4 Å². The van der Waals surface area contributed by atoms with Crippen LogP contribution in [0.15, 0.2) is 47.5 Å². The number of nitrogens with zero attached hydrogens (tertiary/aromatic N) is 1. The number of nitrogens with one attached hydrogen (secondary N) is 1. The van der Waals surface area contributed by atoms with E-state index >= 15 is 0 Å². The van der Waals surface area contributed by atoms with Gasteiger partial charge >= 0.3 is 5.97 Å². The minimum absolute atomic E-state index is 0.215. The Morgan fingerprint density at radius 3 is 2.59 bits per heavy atom. The first-order valence-corrected chi connectivity index (χ1v) is 11.8. The number of aryl methyl sites for hydroxylation is 1. The highest BCUT2D eigenvalue weighted by Gasteiger charge is 2.26. The summed E-state index contributed by atoms with van der Waals surface area (Å²) >= 11 is 1.55. The number of aliphatic imine (C=N–C) groups is 1. The molecule has 0 unspecified atom stereocenters. The van der Waals surface area contributed by atoms with Gasteiger partial charge in [-0.15, -0.1) is 11.3 Å². The van der Waals surface area contributed by atoms with Crippen LogP contribution in [0.2, 0.25) is 0 Å². The third-order valence-electron chi connectivity index (χ3n) is 5.54. The number of hydrogen-bond acceptors (Lipinski definition) is 7. The van der Waals surface area contributed by atoms with E-state index in [1.54, 1.807) is 63.0 Å². The Labute approximate surface area is 202 Å². The van der Waals surface area contributed by atoms with E-state index in [4.69, 9.17) is 14.2 Å². The minimum Gasteiger partial charge on any atom is -0.497 e. The van der Waals surface area contributed by atoms with Gasteiger partial charge in [0.15, 0.2) is 0 Å². The molecule has 1 aliphatic carbocycles. The van der Waals surface area contributed by atoms with Gasteiger partial charge in [0, 0.05) is 22.3 Å². The molecule has 0 saturated carbocycles. The summed E-state index contributed by atoms with van der Waals surface area (Å²) in [6, 6.07) is 12.2. The Balaban J connectivity index is 1.60. The molecule has 1 heterocycles. The van der Waals surface area contributed by atoms with E-state index in [9.17, 15) is 9.59 Å². The number of benzene rings is 2. The fraction of sp³-hybridized carbons (Fsp3) is 0.269. The van der Waals surface area contributed by atoms with E-state index in [0.29, 0.717) is 39.9 Å². The average molecular weight is 479 g/mol. The Kier molecular flexibility index (Phi) is 7.27. The number of rotatable bonds is 8. The number of anilines is 1. The van der Waals surface area contributed by atoms with Gasteiger partial charge in [-0.25, -0.2) is 9.79 Å². The molecule has 1 N–H and O–H groups in total. The molecule has 0 bridgehead atoms. The zero-order chi connectivity index (χ0) is 24.1. The highest BCUT2D eigenvalue weighted by Crippen LogP contribution is 2.41. The van der Waals surface area contributed by atoms with Crippen LogP contribution in [0.25, 0.3) is 0 Å². The van der Waals surface area contributed by atoms with Gasteiger partial charge in [-0.3, -0.25) is 4.79 Å². The molecule has 1 amide bonds. The average Bonchev–Trinajstić information content (AvgIpc) is 3.44. The second kappa shape index (κ2) is 10.5. The summed E-state index contributed by atoms with van der Waals surface area (Å²) in [5.41, 5.74) is 3.46. The molecule has 2 aromatic carbocycles. The van der Waals surface area contributed by atoms with E-state index in [2.05, 4.69) is 10.3 Å². The molecule has 4 rings (SSSR count). The third-order valence-corrected chi connectivity index (χ3v) is 6.74. The fourth-order valence-corrected chi connectivity index (χ4v) is 5.11. The summed E-state index contributed by atoms with van der Waals surface area (Å²) in [6.45, 7) is 2.07. The molecule has 7 nitrogen and oxygen atoms in total. The van der Waals surface area contributed by atoms with Crippen LogP contribution >= 0.6 is 11.3 Å². The molecule has 0 aliphatic heterocycles. The molecule has 1 aromatic heterocycles. The minimum atomic E-state index is -0.388. The number of esters is 1. The van der Waals surface area contributed by atoms with Gasteiger partial charge in [0.2, 0.25) is 0 Å². The molecular formula is C26H26N2O5S. The van der Waals surface area contributed by atoms with Crippen LogP contribution in [0.4, 0.5) is 10.7 Å². The Morgan fingerprint density at radius 1 is 1.09 bits per heavy atom. The van der Waals surface area contributed by atoms with Crippen LogP contribution in [0.5, 0.6) is 11.5 Å². The van der Waals surface area contributed by atoms with Crippen molar-refractivity contribution in [1.29, 1.82) is 0 Å². The lowest BCUT2D eigenvalue weighted by molar-refractivity contribution is 0.0526. The van der Waals surface area contributed by atoms with Crippen molar-refractivity contribution < 1.29 is 23.8 Å². The molecule has 8 heteroatoms. The maximum Gasteiger partial charge on any atom is 0.338 e. The highest BCUT2D eigenvalue weighted by molar-refractivity contribution is 7.16. The first-order valence-electron chi connectivity index (χ1n) is 11.0. The molecule has 0 atom stereocenters. The summed E-state index contributed by atoms with van der Waals surface area (Å²) in [6.07, 6.45) is 4.54. The number of carbonyl (C=O) groups excluding carboxylic acids is 2. The quantitative estimate of drug-likeness (QED) is 0.344. The largest absolute Gasteiger partial charge is 0.497 e. The lowest BCUT2D eigenvalue weighted by Gasteiger charge is -2.08. The van der Waals surface area contributed by atoms with Crippen LogP contribution < -0.4 is 14.8 Å². The van der Waals surface area contributed by atoms with E-state index in [-0.39, 0.29) is 11.9 Å². The molecule has 176 valence electrons. The first kappa shape index (κ1) is 23.5. The van der Waals surface area contributed by atoms with Crippen LogP contribution in [0, 0.1) is 0 Å². The van der Waals surface area contributed by atoms with Crippen LogP contribution in [-0.4, -0.2) is 38.9 Å². The van der Waals surface area contributed by atoms with Gasteiger partial charge in [0.1, 0.15) is 16.5 Å². The highest BCUT2D eigenvalue weighted by atomic mass is 32.1. The van der Waals surface area contributed by atoms with Crippen molar-refractivity contribution in [3.63, 3.8) is 0 Å². The number of methoxy groups -OCH3 is 2. The van der Waals surface area contributed by atoms with E-state index in [1.807, 2.05) is 18.2 Å². The second-order valence-corrected chi connectivity index (χ2v) is 8.74.